The maximum atomic E-state index is 11.1. The van der Waals surface area contributed by atoms with Crippen LogP contribution in [0.25, 0.3) is 23.1 Å². The molecule has 0 amide bonds. The third kappa shape index (κ3) is 4.06. The van der Waals surface area contributed by atoms with Crippen LogP contribution in [-0.2, 0) is 0 Å². The van der Waals surface area contributed by atoms with Crippen LogP contribution in [0, 0.1) is 10.1 Å². The fraction of sp³-hybridized carbons (Fsp3) is 0.129. The number of hydrogen-bond donors (Lipinski definition) is 0. The van der Waals surface area contributed by atoms with E-state index >= 15 is 0 Å². The number of ether oxygens (including phenoxy) is 1. The van der Waals surface area contributed by atoms with Crippen molar-refractivity contribution >= 4 is 17.4 Å². The first kappa shape index (κ1) is 23.0. The molecular weight excluding hydrogens is 490 g/mol. The highest BCUT2D eigenvalue weighted by Gasteiger charge is 2.37. The van der Waals surface area contributed by atoms with Crippen LogP contribution in [0.5, 0.6) is 5.88 Å². The Labute approximate surface area is 224 Å². The van der Waals surface area contributed by atoms with Crippen molar-refractivity contribution in [2.75, 3.05) is 0 Å². The Balaban J connectivity index is 1.40. The molecule has 1 aliphatic carbocycles. The van der Waals surface area contributed by atoms with Crippen LogP contribution < -0.4 is 4.74 Å². The highest BCUT2D eigenvalue weighted by atomic mass is 16.6. The monoisotopic (exact) mass is 513 g/mol. The summed E-state index contributed by atoms with van der Waals surface area (Å²) in [5, 5.41) is 15.8. The zero-order chi connectivity index (χ0) is 26.3. The number of benzene rings is 3. The van der Waals surface area contributed by atoms with Gasteiger partial charge in [-0.2, -0.15) is 0 Å². The Hall–Kier alpha value is -5.11. The summed E-state index contributed by atoms with van der Waals surface area (Å²) in [5.41, 5.74) is 6.93. The predicted octanol–water partition coefficient (Wildman–Crippen LogP) is 6.75. The molecule has 3 heterocycles. The SMILES string of the molecule is O=[N+]([O-])c1ccc(-c2nc3c4c(ncn3n2)OC2=C(CCC/C2=C\c2ccccc2)[C@H]4c2ccccc2)cc1. The van der Waals surface area contributed by atoms with Gasteiger partial charge < -0.3 is 4.74 Å². The van der Waals surface area contributed by atoms with Gasteiger partial charge in [0.2, 0.25) is 5.88 Å². The molecule has 2 aliphatic rings. The van der Waals surface area contributed by atoms with E-state index in [4.69, 9.17) is 9.72 Å². The molecule has 8 heteroatoms. The van der Waals surface area contributed by atoms with Crippen LogP contribution in [-0.4, -0.2) is 24.5 Å². The summed E-state index contributed by atoms with van der Waals surface area (Å²) in [6.45, 7) is 0. The smallest absolute Gasteiger partial charge is 0.269 e. The van der Waals surface area contributed by atoms with Crippen molar-refractivity contribution in [1.29, 1.82) is 0 Å². The maximum Gasteiger partial charge on any atom is 0.269 e. The molecule has 2 aromatic heterocycles. The molecule has 0 fully saturated rings. The van der Waals surface area contributed by atoms with E-state index < -0.39 is 4.92 Å². The lowest BCUT2D eigenvalue weighted by Gasteiger charge is -2.34. The Morgan fingerprint density at radius 1 is 0.949 bits per heavy atom. The number of nitrogens with zero attached hydrogens (tertiary/aromatic N) is 5. The lowest BCUT2D eigenvalue weighted by Crippen LogP contribution is -2.22. The summed E-state index contributed by atoms with van der Waals surface area (Å²) in [5.74, 6) is 1.81. The number of non-ortho nitro benzene ring substituents is 1. The van der Waals surface area contributed by atoms with Gasteiger partial charge in [-0.05, 0) is 59.7 Å². The molecule has 39 heavy (non-hydrogen) atoms. The Morgan fingerprint density at radius 3 is 2.44 bits per heavy atom. The Morgan fingerprint density at radius 2 is 1.69 bits per heavy atom. The number of fused-ring (bicyclic) bond motifs is 3. The van der Waals surface area contributed by atoms with Gasteiger partial charge in [-0.25, -0.2) is 14.5 Å². The number of nitro groups is 1. The first-order valence-electron chi connectivity index (χ1n) is 12.9. The van der Waals surface area contributed by atoms with Crippen molar-refractivity contribution < 1.29 is 9.66 Å². The molecule has 1 atom stereocenters. The van der Waals surface area contributed by atoms with E-state index in [2.05, 4.69) is 40.4 Å². The summed E-state index contributed by atoms with van der Waals surface area (Å²) < 4.78 is 8.25. The third-order valence-electron chi connectivity index (χ3n) is 7.31. The molecule has 0 radical (unpaired) electrons. The molecule has 8 nitrogen and oxygen atoms in total. The molecule has 1 aliphatic heterocycles. The molecule has 0 saturated heterocycles. The van der Waals surface area contributed by atoms with E-state index in [1.165, 1.54) is 23.3 Å². The van der Waals surface area contributed by atoms with Gasteiger partial charge in [-0.1, -0.05) is 60.7 Å². The molecule has 0 spiro atoms. The number of nitro benzene ring substituents is 1. The van der Waals surface area contributed by atoms with Gasteiger partial charge in [0, 0.05) is 23.6 Å². The van der Waals surface area contributed by atoms with Crippen LogP contribution in [0.4, 0.5) is 5.69 Å². The number of hydrogen-bond acceptors (Lipinski definition) is 6. The second kappa shape index (κ2) is 9.33. The molecular formula is C31H23N5O3. The molecule has 0 saturated carbocycles. The number of rotatable bonds is 4. The normalized spacial score (nSPS) is 17.5. The highest BCUT2D eigenvalue weighted by Crippen LogP contribution is 2.49. The third-order valence-corrected chi connectivity index (χ3v) is 7.31. The molecule has 0 N–H and O–H groups in total. The largest absolute Gasteiger partial charge is 0.438 e. The molecule has 190 valence electrons. The van der Waals surface area contributed by atoms with Crippen molar-refractivity contribution in [3.05, 3.63) is 135 Å². The molecule has 0 bridgehead atoms. The van der Waals surface area contributed by atoms with Crippen LogP contribution in [0.3, 0.4) is 0 Å². The van der Waals surface area contributed by atoms with Crippen LogP contribution >= 0.6 is 0 Å². The van der Waals surface area contributed by atoms with Crippen molar-refractivity contribution in [1.82, 2.24) is 19.6 Å². The molecule has 0 unspecified atom stereocenters. The Bertz CT molecular complexity index is 1770. The maximum absolute atomic E-state index is 11.1. The van der Waals surface area contributed by atoms with E-state index in [0.717, 1.165) is 41.7 Å². The highest BCUT2D eigenvalue weighted by molar-refractivity contribution is 5.69. The van der Waals surface area contributed by atoms with E-state index in [1.807, 2.05) is 36.4 Å². The first-order chi connectivity index (χ1) is 19.2. The summed E-state index contributed by atoms with van der Waals surface area (Å²) in [6.07, 6.45) is 6.70. The Kier molecular flexibility index (Phi) is 5.51. The summed E-state index contributed by atoms with van der Waals surface area (Å²) >= 11 is 0. The fourth-order valence-electron chi connectivity index (χ4n) is 5.53. The molecule has 7 rings (SSSR count). The lowest BCUT2D eigenvalue weighted by molar-refractivity contribution is -0.384. The van der Waals surface area contributed by atoms with Crippen molar-refractivity contribution in [3.63, 3.8) is 0 Å². The summed E-state index contributed by atoms with van der Waals surface area (Å²) in [6, 6.07) is 27.0. The van der Waals surface area contributed by atoms with Gasteiger partial charge in [0.05, 0.1) is 10.5 Å². The quantitative estimate of drug-likeness (QED) is 0.195. The lowest BCUT2D eigenvalue weighted by atomic mass is 9.77. The average Bonchev–Trinajstić information content (AvgIpc) is 3.42. The van der Waals surface area contributed by atoms with Crippen LogP contribution in [0.15, 0.2) is 108 Å². The second-order valence-corrected chi connectivity index (χ2v) is 9.70. The van der Waals surface area contributed by atoms with Gasteiger partial charge >= 0.3 is 0 Å². The first-order valence-corrected chi connectivity index (χ1v) is 12.9. The van der Waals surface area contributed by atoms with Gasteiger partial charge in [0.1, 0.15) is 12.1 Å². The topological polar surface area (TPSA) is 95.5 Å². The van der Waals surface area contributed by atoms with E-state index in [9.17, 15) is 10.1 Å². The standard InChI is InChI=1S/C31H23N5O3/c37-36(38)24-16-14-22(15-17-24)29-33-30-27-26(21-10-5-2-6-11-21)25-13-7-12-23(18-20-8-3-1-4-9-20)28(25)39-31(27)32-19-35(30)34-29/h1-6,8-11,14-19,26H,7,12-13H2/b23-18+/t26-/m1/s1. The van der Waals surface area contributed by atoms with Crippen LogP contribution in [0.1, 0.15) is 41.9 Å². The fourth-order valence-corrected chi connectivity index (χ4v) is 5.53. The predicted molar refractivity (Wildman–Crippen MR) is 147 cm³/mol. The van der Waals surface area contributed by atoms with Crippen molar-refractivity contribution in [2.45, 2.75) is 25.2 Å². The number of aromatic nitrogens is 4. The van der Waals surface area contributed by atoms with Gasteiger partial charge in [-0.15, -0.1) is 5.10 Å². The van der Waals surface area contributed by atoms with Crippen molar-refractivity contribution in [3.8, 4) is 17.3 Å². The number of allylic oxidation sites excluding steroid dienone is 2. The van der Waals surface area contributed by atoms with E-state index in [0.29, 0.717) is 22.9 Å². The zero-order valence-electron chi connectivity index (χ0n) is 20.9. The average molecular weight is 514 g/mol. The minimum Gasteiger partial charge on any atom is -0.438 e. The van der Waals surface area contributed by atoms with E-state index in [-0.39, 0.29) is 11.6 Å². The molecule has 3 aromatic carbocycles. The minimum absolute atomic E-state index is 0.0234. The van der Waals surface area contributed by atoms with Gasteiger partial charge in [-0.3, -0.25) is 10.1 Å². The van der Waals surface area contributed by atoms with Crippen LogP contribution in [0.2, 0.25) is 0 Å². The summed E-state index contributed by atoms with van der Waals surface area (Å²) in [7, 11) is 0. The van der Waals surface area contributed by atoms with E-state index in [1.54, 1.807) is 23.0 Å². The minimum atomic E-state index is -0.418. The van der Waals surface area contributed by atoms with Crippen molar-refractivity contribution in [2.24, 2.45) is 0 Å². The summed E-state index contributed by atoms with van der Waals surface area (Å²) in [4.78, 5) is 20.3. The van der Waals surface area contributed by atoms with Gasteiger partial charge in [0.25, 0.3) is 5.69 Å². The molecule has 5 aromatic rings. The van der Waals surface area contributed by atoms with Gasteiger partial charge in [0.15, 0.2) is 11.5 Å². The zero-order valence-corrected chi connectivity index (χ0v) is 20.9. The second-order valence-electron chi connectivity index (χ2n) is 9.70.